The van der Waals surface area contributed by atoms with Crippen LogP contribution in [0.1, 0.15) is 21.6 Å². The lowest BCUT2D eigenvalue weighted by Gasteiger charge is -2.10. The standard InChI is InChI=1S/C20H20N4O2/c1-26-18-8-3-2-6-15(18)12-24-20(25)16-9-10-19(22-13-16)23-14-17-7-4-5-11-21-17/h2-11,13H,12,14H2,1H3,(H,22,23)(H,24,25). The van der Waals surface area contributed by atoms with Crippen molar-refractivity contribution in [1.29, 1.82) is 0 Å². The molecular formula is C20H20N4O2. The fourth-order valence-electron chi connectivity index (χ4n) is 2.44. The van der Waals surface area contributed by atoms with Crippen LogP contribution in [0.3, 0.4) is 0 Å². The first kappa shape index (κ1) is 17.4. The fraction of sp³-hybridized carbons (Fsp3) is 0.150. The van der Waals surface area contributed by atoms with E-state index in [2.05, 4.69) is 20.6 Å². The van der Waals surface area contributed by atoms with Gasteiger partial charge >= 0.3 is 0 Å². The van der Waals surface area contributed by atoms with E-state index < -0.39 is 0 Å². The summed E-state index contributed by atoms with van der Waals surface area (Å²) in [5, 5.41) is 6.06. The van der Waals surface area contributed by atoms with E-state index in [0.717, 1.165) is 17.0 Å². The highest BCUT2D eigenvalue weighted by atomic mass is 16.5. The van der Waals surface area contributed by atoms with Gasteiger partial charge in [-0.25, -0.2) is 4.98 Å². The number of nitrogens with zero attached hydrogens (tertiary/aromatic N) is 2. The molecule has 0 aliphatic rings. The molecule has 0 fully saturated rings. The lowest BCUT2D eigenvalue weighted by Crippen LogP contribution is -2.23. The van der Waals surface area contributed by atoms with Crippen LogP contribution < -0.4 is 15.4 Å². The van der Waals surface area contributed by atoms with Crippen molar-refractivity contribution >= 4 is 11.7 Å². The van der Waals surface area contributed by atoms with Gasteiger partial charge in [0.25, 0.3) is 5.91 Å². The SMILES string of the molecule is COc1ccccc1CNC(=O)c1ccc(NCc2ccccn2)nc1. The molecule has 0 atom stereocenters. The van der Waals surface area contributed by atoms with E-state index in [4.69, 9.17) is 4.74 Å². The largest absolute Gasteiger partial charge is 0.496 e. The first-order chi connectivity index (χ1) is 12.8. The number of hydrogen-bond donors (Lipinski definition) is 2. The van der Waals surface area contributed by atoms with Gasteiger partial charge in [-0.15, -0.1) is 0 Å². The molecule has 3 rings (SSSR count). The van der Waals surface area contributed by atoms with E-state index in [1.807, 2.05) is 42.5 Å². The van der Waals surface area contributed by atoms with Crippen molar-refractivity contribution in [3.05, 3.63) is 83.8 Å². The molecule has 3 aromatic rings. The Morgan fingerprint density at radius 1 is 1.00 bits per heavy atom. The van der Waals surface area contributed by atoms with Crippen molar-refractivity contribution in [3.63, 3.8) is 0 Å². The van der Waals surface area contributed by atoms with Crippen LogP contribution in [0.2, 0.25) is 0 Å². The molecule has 6 heteroatoms. The number of nitrogens with one attached hydrogen (secondary N) is 2. The summed E-state index contributed by atoms with van der Waals surface area (Å²) in [5.74, 6) is 1.26. The molecule has 26 heavy (non-hydrogen) atoms. The predicted octanol–water partition coefficient (Wildman–Crippen LogP) is 3.03. The number of carbonyl (C=O) groups is 1. The number of aromatic nitrogens is 2. The maximum Gasteiger partial charge on any atom is 0.253 e. The fourth-order valence-corrected chi connectivity index (χ4v) is 2.44. The van der Waals surface area contributed by atoms with Gasteiger partial charge in [0.1, 0.15) is 11.6 Å². The summed E-state index contributed by atoms with van der Waals surface area (Å²) in [6.45, 7) is 0.968. The van der Waals surface area contributed by atoms with Crippen molar-refractivity contribution in [1.82, 2.24) is 15.3 Å². The van der Waals surface area contributed by atoms with Crippen molar-refractivity contribution in [3.8, 4) is 5.75 Å². The molecule has 1 amide bonds. The molecule has 0 saturated carbocycles. The minimum absolute atomic E-state index is 0.181. The number of hydrogen-bond acceptors (Lipinski definition) is 5. The van der Waals surface area contributed by atoms with E-state index in [-0.39, 0.29) is 5.91 Å². The Bertz CT molecular complexity index is 851. The highest BCUT2D eigenvalue weighted by molar-refractivity contribution is 5.94. The highest BCUT2D eigenvalue weighted by Gasteiger charge is 2.08. The molecule has 2 aromatic heterocycles. The molecule has 0 spiro atoms. The number of carbonyl (C=O) groups excluding carboxylic acids is 1. The number of methoxy groups -OCH3 is 1. The maximum absolute atomic E-state index is 12.3. The van der Waals surface area contributed by atoms with Gasteiger partial charge in [-0.1, -0.05) is 24.3 Å². The topological polar surface area (TPSA) is 76.1 Å². The quantitative estimate of drug-likeness (QED) is 0.686. The van der Waals surface area contributed by atoms with Gasteiger partial charge in [0.15, 0.2) is 0 Å². The summed E-state index contributed by atoms with van der Waals surface area (Å²) in [4.78, 5) is 20.8. The third-order valence-electron chi connectivity index (χ3n) is 3.83. The summed E-state index contributed by atoms with van der Waals surface area (Å²) in [5.41, 5.74) is 2.35. The molecule has 1 aromatic carbocycles. The van der Waals surface area contributed by atoms with Crippen molar-refractivity contribution in [2.24, 2.45) is 0 Å². The van der Waals surface area contributed by atoms with E-state index in [0.29, 0.717) is 24.5 Å². The number of pyridine rings is 2. The van der Waals surface area contributed by atoms with Crippen LogP contribution in [-0.2, 0) is 13.1 Å². The van der Waals surface area contributed by atoms with E-state index in [1.54, 1.807) is 31.6 Å². The van der Waals surface area contributed by atoms with Crippen LogP contribution in [0.15, 0.2) is 67.0 Å². The summed E-state index contributed by atoms with van der Waals surface area (Å²) in [7, 11) is 1.61. The zero-order chi connectivity index (χ0) is 18.2. The monoisotopic (exact) mass is 348 g/mol. The van der Waals surface area contributed by atoms with Crippen LogP contribution in [0.25, 0.3) is 0 Å². The van der Waals surface area contributed by atoms with Crippen molar-refractivity contribution in [2.75, 3.05) is 12.4 Å². The van der Waals surface area contributed by atoms with Gasteiger partial charge in [-0.3, -0.25) is 9.78 Å². The second kappa shape index (κ2) is 8.62. The van der Waals surface area contributed by atoms with E-state index in [9.17, 15) is 4.79 Å². The van der Waals surface area contributed by atoms with Crippen LogP contribution in [0.4, 0.5) is 5.82 Å². The average Bonchev–Trinajstić information content (AvgIpc) is 2.72. The average molecular weight is 348 g/mol. The summed E-state index contributed by atoms with van der Waals surface area (Å²) >= 11 is 0. The lowest BCUT2D eigenvalue weighted by molar-refractivity contribution is 0.0950. The van der Waals surface area contributed by atoms with Crippen LogP contribution in [0, 0.1) is 0 Å². The molecule has 6 nitrogen and oxygen atoms in total. The number of amides is 1. The molecule has 0 saturated heterocycles. The molecule has 2 N–H and O–H groups in total. The zero-order valence-corrected chi connectivity index (χ0v) is 14.5. The van der Waals surface area contributed by atoms with Gasteiger partial charge in [0.05, 0.1) is 24.9 Å². The second-order valence-electron chi connectivity index (χ2n) is 5.60. The third-order valence-corrected chi connectivity index (χ3v) is 3.83. The first-order valence-corrected chi connectivity index (χ1v) is 8.26. The first-order valence-electron chi connectivity index (χ1n) is 8.26. The molecule has 0 aliphatic carbocycles. The van der Waals surface area contributed by atoms with Gasteiger partial charge in [-0.2, -0.15) is 0 Å². The molecule has 0 radical (unpaired) electrons. The minimum Gasteiger partial charge on any atom is -0.496 e. The predicted molar refractivity (Wildman–Crippen MR) is 100.0 cm³/mol. The summed E-state index contributed by atoms with van der Waals surface area (Å²) in [6, 6.07) is 16.9. The maximum atomic E-state index is 12.3. The highest BCUT2D eigenvalue weighted by Crippen LogP contribution is 2.17. The second-order valence-corrected chi connectivity index (χ2v) is 5.60. The molecular weight excluding hydrogens is 328 g/mol. The van der Waals surface area contributed by atoms with Crippen molar-refractivity contribution in [2.45, 2.75) is 13.1 Å². The number of rotatable bonds is 7. The number of para-hydroxylation sites is 1. The van der Waals surface area contributed by atoms with Crippen LogP contribution >= 0.6 is 0 Å². The van der Waals surface area contributed by atoms with Gasteiger partial charge in [-0.05, 0) is 30.3 Å². The van der Waals surface area contributed by atoms with Gasteiger partial charge < -0.3 is 15.4 Å². The van der Waals surface area contributed by atoms with Gasteiger partial charge in [0, 0.05) is 24.5 Å². The Balaban J connectivity index is 1.55. The Morgan fingerprint density at radius 3 is 2.58 bits per heavy atom. The molecule has 0 bridgehead atoms. The summed E-state index contributed by atoms with van der Waals surface area (Å²) in [6.07, 6.45) is 3.30. The van der Waals surface area contributed by atoms with E-state index in [1.165, 1.54) is 0 Å². The zero-order valence-electron chi connectivity index (χ0n) is 14.5. The minimum atomic E-state index is -0.181. The molecule has 0 unspecified atom stereocenters. The van der Waals surface area contributed by atoms with E-state index >= 15 is 0 Å². The number of anilines is 1. The molecule has 0 aliphatic heterocycles. The Labute approximate surface area is 152 Å². The Kier molecular flexibility index (Phi) is 5.77. The molecule has 2 heterocycles. The lowest BCUT2D eigenvalue weighted by atomic mass is 10.2. The van der Waals surface area contributed by atoms with Gasteiger partial charge in [0.2, 0.25) is 0 Å². The Hall–Kier alpha value is -3.41. The third kappa shape index (κ3) is 4.57. The Morgan fingerprint density at radius 2 is 1.85 bits per heavy atom. The smallest absolute Gasteiger partial charge is 0.253 e. The van der Waals surface area contributed by atoms with Crippen LogP contribution in [-0.4, -0.2) is 23.0 Å². The normalized spacial score (nSPS) is 10.2. The molecule has 132 valence electrons. The summed E-state index contributed by atoms with van der Waals surface area (Å²) < 4.78 is 5.29. The van der Waals surface area contributed by atoms with Crippen molar-refractivity contribution < 1.29 is 9.53 Å². The number of benzene rings is 1. The number of ether oxygens (including phenoxy) is 1. The van der Waals surface area contributed by atoms with Crippen LogP contribution in [0.5, 0.6) is 5.75 Å².